The Kier molecular flexibility index (Phi) is 4.30. The van der Waals surface area contributed by atoms with Crippen LogP contribution in [0.3, 0.4) is 0 Å². The molecule has 1 atom stereocenters. The van der Waals surface area contributed by atoms with E-state index in [1.54, 1.807) is 0 Å². The third-order valence-corrected chi connectivity index (χ3v) is 2.74. The summed E-state index contributed by atoms with van der Waals surface area (Å²) < 4.78 is 0. The molecule has 1 aliphatic rings. The number of alkyl halides is 1. The molecule has 3 N–H and O–H groups in total. The number of anilines is 1. The number of nitrogens with two attached hydrogens (primary N) is 1. The van der Waals surface area contributed by atoms with E-state index in [0.717, 1.165) is 11.3 Å². The normalized spacial score (nSPS) is 18.5. The molecule has 0 bridgehead atoms. The standard InChI is InChI=1S/C9H8Cl2N2.C2H6/c10-7-5-3-1-2-4-6(5)13-9(11)8(7)12;1-2/h1-4,9,13H,12H2;1-2H3. The highest BCUT2D eigenvalue weighted by Gasteiger charge is 2.21. The van der Waals surface area contributed by atoms with Gasteiger partial charge in [0.25, 0.3) is 0 Å². The molecule has 4 heteroatoms. The number of hydrogen-bond donors (Lipinski definition) is 2. The van der Waals surface area contributed by atoms with Crippen LogP contribution in [0.25, 0.3) is 5.03 Å². The topological polar surface area (TPSA) is 38.0 Å². The third kappa shape index (κ3) is 2.39. The molecule has 1 aromatic rings. The third-order valence-electron chi connectivity index (χ3n) is 1.97. The summed E-state index contributed by atoms with van der Waals surface area (Å²) in [5.74, 6) is 0. The molecular formula is C11H14Cl2N2. The zero-order valence-corrected chi connectivity index (χ0v) is 10.2. The van der Waals surface area contributed by atoms with Gasteiger partial charge in [-0.3, -0.25) is 0 Å². The van der Waals surface area contributed by atoms with E-state index in [4.69, 9.17) is 28.9 Å². The van der Waals surface area contributed by atoms with Gasteiger partial charge in [-0.2, -0.15) is 0 Å². The number of para-hydroxylation sites is 1. The summed E-state index contributed by atoms with van der Waals surface area (Å²) in [5.41, 5.74) is 7.57. The van der Waals surface area contributed by atoms with Gasteiger partial charge in [0.1, 0.15) is 5.50 Å². The van der Waals surface area contributed by atoms with Gasteiger partial charge in [-0.05, 0) is 6.07 Å². The molecule has 0 aromatic heterocycles. The molecule has 1 aliphatic heterocycles. The van der Waals surface area contributed by atoms with E-state index in [-0.39, 0.29) is 0 Å². The molecule has 0 radical (unpaired) electrons. The van der Waals surface area contributed by atoms with E-state index in [2.05, 4.69) is 5.32 Å². The molecular weight excluding hydrogens is 231 g/mol. The lowest BCUT2D eigenvalue weighted by atomic mass is 10.1. The molecule has 1 aromatic carbocycles. The van der Waals surface area contributed by atoms with Crippen LogP contribution >= 0.6 is 23.2 Å². The lowest BCUT2D eigenvalue weighted by Crippen LogP contribution is -2.25. The maximum atomic E-state index is 6.02. The predicted octanol–water partition coefficient (Wildman–Crippen LogP) is 3.57. The van der Waals surface area contributed by atoms with Crippen molar-refractivity contribution in [2.75, 3.05) is 5.32 Å². The zero-order valence-electron chi connectivity index (χ0n) is 8.72. The minimum Gasteiger partial charge on any atom is -0.398 e. The lowest BCUT2D eigenvalue weighted by molar-refractivity contribution is 1.08. The summed E-state index contributed by atoms with van der Waals surface area (Å²) in [7, 11) is 0. The van der Waals surface area contributed by atoms with Gasteiger partial charge < -0.3 is 11.1 Å². The fraction of sp³-hybridized carbons (Fsp3) is 0.273. The predicted molar refractivity (Wildman–Crippen MR) is 68.0 cm³/mol. The van der Waals surface area contributed by atoms with Crippen molar-refractivity contribution in [3.8, 4) is 0 Å². The Morgan fingerprint density at radius 3 is 2.53 bits per heavy atom. The van der Waals surface area contributed by atoms with Crippen molar-refractivity contribution in [3.63, 3.8) is 0 Å². The summed E-state index contributed by atoms with van der Waals surface area (Å²) in [6.07, 6.45) is 0. The summed E-state index contributed by atoms with van der Waals surface area (Å²) in [4.78, 5) is 0. The van der Waals surface area contributed by atoms with E-state index in [1.807, 2.05) is 38.1 Å². The lowest BCUT2D eigenvalue weighted by Gasteiger charge is -2.23. The smallest absolute Gasteiger partial charge is 0.143 e. The number of nitrogens with one attached hydrogen (secondary N) is 1. The number of halogens is 2. The first kappa shape index (κ1) is 12.2. The largest absolute Gasteiger partial charge is 0.398 e. The molecule has 0 amide bonds. The van der Waals surface area contributed by atoms with E-state index < -0.39 is 5.50 Å². The fourth-order valence-corrected chi connectivity index (χ4v) is 1.84. The van der Waals surface area contributed by atoms with Gasteiger partial charge in [0, 0.05) is 11.3 Å². The van der Waals surface area contributed by atoms with Crippen molar-refractivity contribution in [2.45, 2.75) is 19.3 Å². The molecule has 0 aliphatic carbocycles. The molecule has 2 nitrogen and oxygen atoms in total. The second-order valence-electron chi connectivity index (χ2n) is 2.82. The summed E-state index contributed by atoms with van der Waals surface area (Å²) in [6, 6.07) is 7.64. The number of hydrogen-bond acceptors (Lipinski definition) is 2. The highest BCUT2D eigenvalue weighted by atomic mass is 35.5. The van der Waals surface area contributed by atoms with Gasteiger partial charge in [0.05, 0.1) is 10.7 Å². The molecule has 1 heterocycles. The highest BCUT2D eigenvalue weighted by molar-refractivity contribution is 6.51. The fourth-order valence-electron chi connectivity index (χ4n) is 1.28. The maximum Gasteiger partial charge on any atom is 0.143 e. The first-order valence-corrected chi connectivity index (χ1v) is 5.66. The van der Waals surface area contributed by atoms with Crippen LogP contribution in [0.2, 0.25) is 0 Å². The molecule has 0 spiro atoms. The van der Waals surface area contributed by atoms with Crippen molar-refractivity contribution in [2.24, 2.45) is 5.73 Å². The van der Waals surface area contributed by atoms with Crippen molar-refractivity contribution in [3.05, 3.63) is 35.5 Å². The zero-order chi connectivity index (χ0) is 11.4. The van der Waals surface area contributed by atoms with E-state index >= 15 is 0 Å². The van der Waals surface area contributed by atoms with Crippen LogP contribution in [0.5, 0.6) is 0 Å². The Labute approximate surface area is 100 Å². The second kappa shape index (κ2) is 5.29. The van der Waals surface area contributed by atoms with Gasteiger partial charge in [-0.25, -0.2) is 0 Å². The number of benzene rings is 1. The highest BCUT2D eigenvalue weighted by Crippen LogP contribution is 2.34. The van der Waals surface area contributed by atoms with Crippen molar-refractivity contribution in [1.29, 1.82) is 0 Å². The Bertz CT molecular complexity index is 375. The summed E-state index contributed by atoms with van der Waals surface area (Å²) in [5, 5.41) is 3.57. The average molecular weight is 245 g/mol. The molecule has 0 saturated heterocycles. The molecule has 1 unspecified atom stereocenters. The second-order valence-corrected chi connectivity index (χ2v) is 3.64. The summed E-state index contributed by atoms with van der Waals surface area (Å²) >= 11 is 11.9. The summed E-state index contributed by atoms with van der Waals surface area (Å²) in [6.45, 7) is 4.00. The SMILES string of the molecule is CC.NC1=C(Cl)c2ccccc2NC1Cl. The Balaban J connectivity index is 0.000000531. The molecule has 2 rings (SSSR count). The van der Waals surface area contributed by atoms with Crippen LogP contribution in [0, 0.1) is 0 Å². The maximum absolute atomic E-state index is 6.02. The van der Waals surface area contributed by atoms with Gasteiger partial charge in [0.2, 0.25) is 0 Å². The van der Waals surface area contributed by atoms with E-state index in [0.29, 0.717) is 10.7 Å². The molecule has 15 heavy (non-hydrogen) atoms. The van der Waals surface area contributed by atoms with Crippen molar-refractivity contribution >= 4 is 33.9 Å². The van der Waals surface area contributed by atoms with Gasteiger partial charge in [-0.15, -0.1) is 0 Å². The van der Waals surface area contributed by atoms with Gasteiger partial charge in [-0.1, -0.05) is 55.2 Å². The first-order valence-electron chi connectivity index (χ1n) is 4.85. The molecule has 0 saturated carbocycles. The van der Waals surface area contributed by atoms with Crippen LogP contribution in [-0.2, 0) is 0 Å². The number of rotatable bonds is 0. The van der Waals surface area contributed by atoms with Crippen LogP contribution in [0.15, 0.2) is 30.0 Å². The van der Waals surface area contributed by atoms with Gasteiger partial charge >= 0.3 is 0 Å². The van der Waals surface area contributed by atoms with Crippen molar-refractivity contribution < 1.29 is 0 Å². The van der Waals surface area contributed by atoms with Crippen LogP contribution in [0.1, 0.15) is 19.4 Å². The Morgan fingerprint density at radius 1 is 1.27 bits per heavy atom. The van der Waals surface area contributed by atoms with E-state index in [9.17, 15) is 0 Å². The monoisotopic (exact) mass is 244 g/mol. The molecule has 82 valence electrons. The van der Waals surface area contributed by atoms with Crippen molar-refractivity contribution in [1.82, 2.24) is 0 Å². The van der Waals surface area contributed by atoms with E-state index in [1.165, 1.54) is 0 Å². The van der Waals surface area contributed by atoms with Gasteiger partial charge in [0.15, 0.2) is 0 Å². The number of fused-ring (bicyclic) bond motifs is 1. The van der Waals surface area contributed by atoms with Crippen LogP contribution in [-0.4, -0.2) is 5.50 Å². The minimum absolute atomic E-state index is 0.414. The van der Waals surface area contributed by atoms with Crippen LogP contribution in [0.4, 0.5) is 5.69 Å². The average Bonchev–Trinajstić information content (AvgIpc) is 2.29. The van der Waals surface area contributed by atoms with Crippen LogP contribution < -0.4 is 11.1 Å². The minimum atomic E-state index is -0.414. The quantitative estimate of drug-likeness (QED) is 0.541. The Hall–Kier alpha value is -0.860. The first-order chi connectivity index (χ1) is 7.20. The Morgan fingerprint density at radius 2 is 1.87 bits per heavy atom. The molecule has 0 fully saturated rings.